The molecule has 2 N–H and O–H groups in total. The van der Waals surface area contributed by atoms with E-state index in [0.29, 0.717) is 12.6 Å². The van der Waals surface area contributed by atoms with Gasteiger partial charge in [-0.15, -0.1) is 0 Å². The Labute approximate surface area is 74.2 Å². The zero-order valence-electron chi connectivity index (χ0n) is 8.01. The number of nitrogens with two attached hydrogens (primary N) is 1. The molecule has 0 aromatic carbocycles. The summed E-state index contributed by atoms with van der Waals surface area (Å²) >= 11 is 0. The van der Waals surface area contributed by atoms with Gasteiger partial charge in [-0.25, -0.2) is 0 Å². The maximum absolute atomic E-state index is 5.80. The Kier molecular flexibility index (Phi) is 3.50. The maximum atomic E-state index is 5.80. The van der Waals surface area contributed by atoms with E-state index in [-0.39, 0.29) is 5.79 Å². The van der Waals surface area contributed by atoms with Gasteiger partial charge < -0.3 is 15.2 Å². The molecule has 3 heteroatoms. The Balaban J connectivity index is 2.45. The van der Waals surface area contributed by atoms with Crippen molar-refractivity contribution < 1.29 is 9.47 Å². The van der Waals surface area contributed by atoms with Crippen LogP contribution < -0.4 is 5.73 Å². The van der Waals surface area contributed by atoms with Crippen molar-refractivity contribution in [2.45, 2.75) is 44.4 Å². The molecule has 0 atom stereocenters. The molecule has 0 spiro atoms. The van der Waals surface area contributed by atoms with Crippen molar-refractivity contribution in [2.24, 2.45) is 5.73 Å². The zero-order valence-corrected chi connectivity index (χ0v) is 8.01. The van der Waals surface area contributed by atoms with Crippen LogP contribution >= 0.6 is 0 Å². The average Bonchev–Trinajstić information content (AvgIpc) is 2.10. The monoisotopic (exact) mass is 173 g/mol. The van der Waals surface area contributed by atoms with Crippen LogP contribution in [0.25, 0.3) is 0 Å². The van der Waals surface area contributed by atoms with Gasteiger partial charge in [-0.3, -0.25) is 0 Å². The number of rotatable bonds is 3. The second-order valence-electron chi connectivity index (χ2n) is 3.39. The van der Waals surface area contributed by atoms with E-state index in [1.807, 2.05) is 6.92 Å². The minimum Gasteiger partial charge on any atom is -0.353 e. The lowest BCUT2D eigenvalue weighted by Gasteiger charge is -2.37. The molecule has 0 aromatic heterocycles. The van der Waals surface area contributed by atoms with E-state index >= 15 is 0 Å². The minimum atomic E-state index is -0.329. The zero-order chi connectivity index (χ0) is 9.03. The van der Waals surface area contributed by atoms with E-state index in [1.54, 1.807) is 7.11 Å². The van der Waals surface area contributed by atoms with E-state index in [0.717, 1.165) is 25.7 Å². The minimum absolute atomic E-state index is 0.329. The van der Waals surface area contributed by atoms with Crippen LogP contribution in [0.4, 0.5) is 0 Å². The van der Waals surface area contributed by atoms with Crippen molar-refractivity contribution in [3.05, 3.63) is 0 Å². The van der Waals surface area contributed by atoms with Crippen LogP contribution in [0.1, 0.15) is 32.6 Å². The first-order chi connectivity index (χ1) is 5.72. The summed E-state index contributed by atoms with van der Waals surface area (Å²) in [6.07, 6.45) is 3.87. The lowest BCUT2D eigenvalue weighted by atomic mass is 9.90. The van der Waals surface area contributed by atoms with Gasteiger partial charge in [-0.05, 0) is 19.8 Å². The van der Waals surface area contributed by atoms with Crippen molar-refractivity contribution in [2.75, 3.05) is 13.7 Å². The molecule has 1 aliphatic carbocycles. The van der Waals surface area contributed by atoms with Crippen molar-refractivity contribution in [1.82, 2.24) is 0 Å². The molecule has 72 valence electrons. The van der Waals surface area contributed by atoms with Gasteiger partial charge in [-0.1, -0.05) is 0 Å². The van der Waals surface area contributed by atoms with Crippen LogP contribution in [0.3, 0.4) is 0 Å². The molecule has 0 bridgehead atoms. The third kappa shape index (κ3) is 2.19. The molecule has 0 radical (unpaired) electrons. The van der Waals surface area contributed by atoms with Gasteiger partial charge in [-0.2, -0.15) is 0 Å². The predicted molar refractivity (Wildman–Crippen MR) is 47.8 cm³/mol. The van der Waals surface area contributed by atoms with Gasteiger partial charge >= 0.3 is 0 Å². The van der Waals surface area contributed by atoms with Crippen molar-refractivity contribution in [3.63, 3.8) is 0 Å². The van der Waals surface area contributed by atoms with Crippen LogP contribution in [0.5, 0.6) is 0 Å². The highest BCUT2D eigenvalue weighted by Gasteiger charge is 2.34. The van der Waals surface area contributed by atoms with Crippen molar-refractivity contribution in [1.29, 1.82) is 0 Å². The maximum Gasteiger partial charge on any atom is 0.167 e. The van der Waals surface area contributed by atoms with Gasteiger partial charge in [0, 0.05) is 32.6 Å². The lowest BCUT2D eigenvalue weighted by molar-refractivity contribution is -0.237. The van der Waals surface area contributed by atoms with Crippen molar-refractivity contribution >= 4 is 0 Å². The number of methoxy groups -OCH3 is 1. The topological polar surface area (TPSA) is 44.5 Å². The standard InChI is InChI=1S/C9H19NO2/c1-3-12-9(11-2)6-4-8(10)5-7-9/h8H,3-7,10H2,1-2H3. The molecule has 12 heavy (non-hydrogen) atoms. The Bertz CT molecular complexity index is 130. The van der Waals surface area contributed by atoms with Crippen LogP contribution in [0.2, 0.25) is 0 Å². The molecule has 0 aromatic rings. The number of hydrogen-bond acceptors (Lipinski definition) is 3. The highest BCUT2D eigenvalue weighted by Crippen LogP contribution is 2.31. The van der Waals surface area contributed by atoms with Gasteiger partial charge in [0.15, 0.2) is 5.79 Å². The van der Waals surface area contributed by atoms with E-state index < -0.39 is 0 Å². The van der Waals surface area contributed by atoms with Crippen molar-refractivity contribution in [3.8, 4) is 0 Å². The van der Waals surface area contributed by atoms with E-state index in [4.69, 9.17) is 15.2 Å². The van der Waals surface area contributed by atoms with Gasteiger partial charge in [0.1, 0.15) is 0 Å². The fraction of sp³-hybridized carbons (Fsp3) is 1.00. The largest absolute Gasteiger partial charge is 0.353 e. The summed E-state index contributed by atoms with van der Waals surface area (Å²) in [5, 5.41) is 0. The second kappa shape index (κ2) is 4.21. The van der Waals surface area contributed by atoms with Crippen LogP contribution in [0, 0.1) is 0 Å². The van der Waals surface area contributed by atoms with E-state index in [9.17, 15) is 0 Å². The Hall–Kier alpha value is -0.120. The normalized spacial score (nSPS) is 36.8. The fourth-order valence-electron chi connectivity index (χ4n) is 1.75. The molecule has 1 saturated carbocycles. The summed E-state index contributed by atoms with van der Waals surface area (Å²) in [6, 6.07) is 0.341. The summed E-state index contributed by atoms with van der Waals surface area (Å²) < 4.78 is 11.0. The summed E-state index contributed by atoms with van der Waals surface area (Å²) in [5.41, 5.74) is 5.80. The van der Waals surface area contributed by atoms with Gasteiger partial charge in [0.2, 0.25) is 0 Å². The molecular weight excluding hydrogens is 154 g/mol. The van der Waals surface area contributed by atoms with Gasteiger partial charge in [0.25, 0.3) is 0 Å². The summed E-state index contributed by atoms with van der Waals surface area (Å²) in [7, 11) is 1.71. The molecule has 3 nitrogen and oxygen atoms in total. The lowest BCUT2D eigenvalue weighted by Crippen LogP contribution is -2.42. The third-order valence-corrected chi connectivity index (χ3v) is 2.57. The first-order valence-electron chi connectivity index (χ1n) is 4.67. The van der Waals surface area contributed by atoms with Crippen LogP contribution in [-0.4, -0.2) is 25.5 Å². The fourth-order valence-corrected chi connectivity index (χ4v) is 1.75. The Morgan fingerprint density at radius 3 is 2.42 bits per heavy atom. The predicted octanol–water partition coefficient (Wildman–Crippen LogP) is 1.27. The van der Waals surface area contributed by atoms with Crippen LogP contribution in [0.15, 0.2) is 0 Å². The summed E-state index contributed by atoms with van der Waals surface area (Å²) in [6.45, 7) is 2.71. The van der Waals surface area contributed by atoms with Crippen LogP contribution in [-0.2, 0) is 9.47 Å². The number of ether oxygens (including phenoxy) is 2. The molecule has 0 saturated heterocycles. The molecule has 1 aliphatic rings. The first kappa shape index (κ1) is 9.96. The Morgan fingerprint density at radius 1 is 1.42 bits per heavy atom. The molecule has 1 rings (SSSR count). The highest BCUT2D eigenvalue weighted by atomic mass is 16.7. The first-order valence-corrected chi connectivity index (χ1v) is 4.67. The van der Waals surface area contributed by atoms with Gasteiger partial charge in [0.05, 0.1) is 0 Å². The van der Waals surface area contributed by atoms with E-state index in [2.05, 4.69) is 0 Å². The smallest absolute Gasteiger partial charge is 0.167 e. The summed E-state index contributed by atoms with van der Waals surface area (Å²) in [4.78, 5) is 0. The SMILES string of the molecule is CCOC1(OC)CCC(N)CC1. The number of hydrogen-bond donors (Lipinski definition) is 1. The Morgan fingerprint density at radius 2 is 2.00 bits per heavy atom. The quantitative estimate of drug-likeness (QED) is 0.654. The summed E-state index contributed by atoms with van der Waals surface area (Å²) in [5.74, 6) is -0.329. The molecule has 0 aliphatic heterocycles. The second-order valence-corrected chi connectivity index (χ2v) is 3.39. The average molecular weight is 173 g/mol. The third-order valence-electron chi connectivity index (χ3n) is 2.57. The molecule has 1 fully saturated rings. The van der Waals surface area contributed by atoms with E-state index in [1.165, 1.54) is 0 Å². The molecule has 0 amide bonds. The highest BCUT2D eigenvalue weighted by molar-refractivity contribution is 4.81. The molecule has 0 heterocycles. The molecular formula is C9H19NO2. The molecule has 0 unspecified atom stereocenters.